The van der Waals surface area contributed by atoms with Crippen molar-refractivity contribution in [2.45, 2.75) is 33.1 Å². The van der Waals surface area contributed by atoms with E-state index in [1.165, 1.54) is 11.6 Å². The van der Waals surface area contributed by atoms with Gasteiger partial charge in [0.2, 0.25) is 0 Å². The molecule has 6 nitrogen and oxygen atoms in total. The molecule has 2 aromatic heterocycles. The Balaban J connectivity index is 1.45. The molecule has 2 aromatic carbocycles. The lowest BCUT2D eigenvalue weighted by Gasteiger charge is -2.09. The van der Waals surface area contributed by atoms with E-state index in [0.29, 0.717) is 24.5 Å². The zero-order chi connectivity index (χ0) is 21.1. The molecule has 0 amide bonds. The first kappa shape index (κ1) is 20.2. The van der Waals surface area contributed by atoms with Crippen LogP contribution in [-0.4, -0.2) is 26.2 Å². The van der Waals surface area contributed by atoms with Crippen molar-refractivity contribution in [3.8, 4) is 17.1 Å². The first-order chi connectivity index (χ1) is 14.5. The number of fused-ring (bicyclic) bond motifs is 1. The Kier molecular flexibility index (Phi) is 5.86. The van der Waals surface area contributed by atoms with E-state index >= 15 is 0 Å². The molecule has 0 radical (unpaired) electrons. The number of nitrogens with zero attached hydrogens (tertiary/aromatic N) is 3. The molecule has 30 heavy (non-hydrogen) atoms. The van der Waals surface area contributed by atoms with E-state index in [1.54, 1.807) is 4.52 Å². The quantitative estimate of drug-likeness (QED) is 0.436. The molecule has 0 saturated heterocycles. The van der Waals surface area contributed by atoms with Gasteiger partial charge in [0, 0.05) is 23.1 Å². The zero-order valence-electron chi connectivity index (χ0n) is 17.0. The van der Waals surface area contributed by atoms with Gasteiger partial charge in [0.25, 0.3) is 5.56 Å². The van der Waals surface area contributed by atoms with Crippen molar-refractivity contribution in [3.05, 3.63) is 80.9 Å². The standard InChI is InChI=1S/C23H23ClN4O2/c1-15-6-8-17(9-7-15)23-25-20(28-21(26-23)14-22(29)27-28)5-3-4-12-30-18-10-11-19(24)16(2)13-18/h6-11,13-14H,3-5,12H2,1-2H3,(H,27,29). The van der Waals surface area contributed by atoms with Gasteiger partial charge in [-0.25, -0.2) is 14.5 Å². The van der Waals surface area contributed by atoms with Crippen LogP contribution >= 0.6 is 11.6 Å². The molecule has 0 aliphatic heterocycles. The van der Waals surface area contributed by atoms with Crippen molar-refractivity contribution in [2.75, 3.05) is 6.61 Å². The molecule has 4 aromatic rings. The van der Waals surface area contributed by atoms with Crippen molar-refractivity contribution in [3.63, 3.8) is 0 Å². The van der Waals surface area contributed by atoms with Crippen LogP contribution in [0.15, 0.2) is 53.3 Å². The Bertz CT molecular complexity index is 1230. The van der Waals surface area contributed by atoms with Gasteiger partial charge in [0.05, 0.1) is 6.61 Å². The van der Waals surface area contributed by atoms with Crippen molar-refractivity contribution < 1.29 is 4.74 Å². The Morgan fingerprint density at radius 3 is 2.60 bits per heavy atom. The molecule has 0 atom stereocenters. The molecule has 0 spiro atoms. The van der Waals surface area contributed by atoms with Crippen molar-refractivity contribution >= 4 is 17.2 Å². The van der Waals surface area contributed by atoms with E-state index in [4.69, 9.17) is 21.3 Å². The average Bonchev–Trinajstić information content (AvgIpc) is 3.11. The number of benzene rings is 2. The van der Waals surface area contributed by atoms with Crippen LogP contribution in [0.3, 0.4) is 0 Å². The highest BCUT2D eigenvalue weighted by Gasteiger charge is 2.11. The molecule has 1 N–H and O–H groups in total. The number of hydrogen-bond donors (Lipinski definition) is 1. The third kappa shape index (κ3) is 4.54. The summed E-state index contributed by atoms with van der Waals surface area (Å²) in [4.78, 5) is 21.1. The fraction of sp³-hybridized carbons (Fsp3) is 0.261. The van der Waals surface area contributed by atoms with Crippen molar-refractivity contribution in [1.29, 1.82) is 0 Å². The minimum atomic E-state index is -0.187. The summed E-state index contributed by atoms with van der Waals surface area (Å²) >= 11 is 6.05. The number of aryl methyl sites for hydroxylation is 3. The van der Waals surface area contributed by atoms with Gasteiger partial charge >= 0.3 is 0 Å². The molecule has 0 aliphatic carbocycles. The number of aromatic nitrogens is 4. The van der Waals surface area contributed by atoms with Crippen molar-refractivity contribution in [1.82, 2.24) is 19.6 Å². The van der Waals surface area contributed by atoms with Crippen LogP contribution < -0.4 is 10.3 Å². The Morgan fingerprint density at radius 2 is 1.83 bits per heavy atom. The molecule has 7 heteroatoms. The van der Waals surface area contributed by atoms with E-state index in [2.05, 4.69) is 10.1 Å². The number of ether oxygens (including phenoxy) is 1. The Morgan fingerprint density at radius 1 is 1.03 bits per heavy atom. The summed E-state index contributed by atoms with van der Waals surface area (Å²) in [6.07, 6.45) is 2.43. The normalized spacial score (nSPS) is 11.2. The molecule has 4 rings (SSSR count). The van der Waals surface area contributed by atoms with Crippen LogP contribution in [0.1, 0.15) is 29.8 Å². The summed E-state index contributed by atoms with van der Waals surface area (Å²) in [5.41, 5.74) is 3.49. The van der Waals surface area contributed by atoms with Gasteiger partial charge in [-0.05, 0) is 50.5 Å². The van der Waals surface area contributed by atoms with Gasteiger partial charge < -0.3 is 4.74 Å². The summed E-state index contributed by atoms with van der Waals surface area (Å²) in [5.74, 6) is 2.22. The van der Waals surface area contributed by atoms with E-state index in [-0.39, 0.29) is 5.56 Å². The molecule has 154 valence electrons. The van der Waals surface area contributed by atoms with Crippen LogP contribution in [-0.2, 0) is 6.42 Å². The zero-order valence-corrected chi connectivity index (χ0v) is 17.7. The maximum absolute atomic E-state index is 11.8. The second-order valence-electron chi connectivity index (χ2n) is 7.36. The maximum atomic E-state index is 11.8. The highest BCUT2D eigenvalue weighted by molar-refractivity contribution is 6.31. The summed E-state index contributed by atoms with van der Waals surface area (Å²) in [6, 6.07) is 15.2. The van der Waals surface area contributed by atoms with E-state index < -0.39 is 0 Å². The smallest absolute Gasteiger partial charge is 0.266 e. The first-order valence-electron chi connectivity index (χ1n) is 9.94. The molecule has 0 unspecified atom stereocenters. The summed E-state index contributed by atoms with van der Waals surface area (Å²) in [6.45, 7) is 4.60. The molecular weight excluding hydrogens is 400 g/mol. The number of nitrogens with one attached hydrogen (secondary N) is 1. The summed E-state index contributed by atoms with van der Waals surface area (Å²) in [7, 11) is 0. The second-order valence-corrected chi connectivity index (χ2v) is 7.77. The number of H-pyrrole nitrogens is 1. The van der Waals surface area contributed by atoms with Crippen LogP contribution in [0.4, 0.5) is 0 Å². The molecular formula is C23H23ClN4O2. The lowest BCUT2D eigenvalue weighted by Crippen LogP contribution is -2.09. The predicted octanol–water partition coefficient (Wildman–Crippen LogP) is 4.76. The Labute approximate surface area is 179 Å². The van der Waals surface area contributed by atoms with E-state index in [0.717, 1.165) is 40.6 Å². The topological polar surface area (TPSA) is 72.3 Å². The largest absolute Gasteiger partial charge is 0.494 e. The van der Waals surface area contributed by atoms with Gasteiger partial charge in [0.1, 0.15) is 11.6 Å². The van der Waals surface area contributed by atoms with Crippen LogP contribution in [0.2, 0.25) is 5.02 Å². The fourth-order valence-electron chi connectivity index (χ4n) is 3.25. The summed E-state index contributed by atoms with van der Waals surface area (Å²) < 4.78 is 7.49. The Hall–Kier alpha value is -3.12. The molecule has 0 fully saturated rings. The third-order valence-corrected chi connectivity index (χ3v) is 5.35. The SMILES string of the molecule is Cc1ccc(-c2nc(CCCCOc3ccc(Cl)c(C)c3)n3[nH]c(=O)cc3n2)cc1. The first-order valence-corrected chi connectivity index (χ1v) is 10.3. The van der Waals surface area contributed by atoms with Gasteiger partial charge in [-0.1, -0.05) is 41.4 Å². The lowest BCUT2D eigenvalue weighted by molar-refractivity contribution is 0.306. The minimum absolute atomic E-state index is 0.187. The van der Waals surface area contributed by atoms with Gasteiger partial charge in [-0.2, -0.15) is 0 Å². The van der Waals surface area contributed by atoms with Crippen molar-refractivity contribution in [2.24, 2.45) is 0 Å². The predicted molar refractivity (Wildman–Crippen MR) is 118 cm³/mol. The molecule has 0 bridgehead atoms. The molecule has 0 saturated carbocycles. The highest BCUT2D eigenvalue weighted by Crippen LogP contribution is 2.21. The van der Waals surface area contributed by atoms with E-state index in [1.807, 2.05) is 56.3 Å². The fourth-order valence-corrected chi connectivity index (χ4v) is 3.37. The van der Waals surface area contributed by atoms with Crippen LogP contribution in [0, 0.1) is 13.8 Å². The number of hydrogen-bond acceptors (Lipinski definition) is 4. The highest BCUT2D eigenvalue weighted by atomic mass is 35.5. The second kappa shape index (κ2) is 8.71. The van der Waals surface area contributed by atoms with Gasteiger partial charge in [-0.15, -0.1) is 0 Å². The van der Waals surface area contributed by atoms with Crippen LogP contribution in [0.25, 0.3) is 17.0 Å². The van der Waals surface area contributed by atoms with E-state index in [9.17, 15) is 4.79 Å². The van der Waals surface area contributed by atoms with Gasteiger partial charge in [0.15, 0.2) is 11.5 Å². The monoisotopic (exact) mass is 422 g/mol. The molecule has 2 heterocycles. The number of aromatic amines is 1. The third-order valence-electron chi connectivity index (χ3n) is 4.93. The number of rotatable bonds is 7. The lowest BCUT2D eigenvalue weighted by atomic mass is 10.1. The van der Waals surface area contributed by atoms with Crippen LogP contribution in [0.5, 0.6) is 5.75 Å². The average molecular weight is 423 g/mol. The van der Waals surface area contributed by atoms with Gasteiger partial charge in [-0.3, -0.25) is 9.89 Å². The maximum Gasteiger partial charge on any atom is 0.266 e. The summed E-state index contributed by atoms with van der Waals surface area (Å²) in [5, 5.41) is 3.52. The molecule has 0 aliphatic rings. The number of halogens is 1. The minimum Gasteiger partial charge on any atom is -0.494 e. The number of unbranched alkanes of at least 4 members (excludes halogenated alkanes) is 1.